The molecule has 4 rings (SSSR count). The zero-order valence-corrected chi connectivity index (χ0v) is 17.7. The Labute approximate surface area is 180 Å². The van der Waals surface area contributed by atoms with Crippen molar-refractivity contribution in [2.75, 3.05) is 26.2 Å². The standard InChI is InChI=1S/C24H24BrN3O/c25-23-12-11-22(29)17-21(23)18-26-28-15-13-27(14-16-28)24(19-7-3-1-4-8-19)20-9-5-2-6-10-20/h1-12,17-18,24,29H,13-16H2. The molecule has 0 atom stereocenters. The van der Waals surface area contributed by atoms with Crippen molar-refractivity contribution in [1.82, 2.24) is 9.91 Å². The molecule has 0 spiro atoms. The first-order valence-corrected chi connectivity index (χ1v) is 10.6. The Morgan fingerprint density at radius 3 is 2.00 bits per heavy atom. The summed E-state index contributed by atoms with van der Waals surface area (Å²) in [7, 11) is 0. The minimum Gasteiger partial charge on any atom is -0.508 e. The summed E-state index contributed by atoms with van der Waals surface area (Å²) in [5, 5.41) is 16.4. The first-order chi connectivity index (χ1) is 14.2. The zero-order chi connectivity index (χ0) is 20.1. The van der Waals surface area contributed by atoms with E-state index in [1.54, 1.807) is 12.1 Å². The van der Waals surface area contributed by atoms with Gasteiger partial charge in [0.15, 0.2) is 0 Å². The molecule has 1 fully saturated rings. The Morgan fingerprint density at radius 1 is 0.828 bits per heavy atom. The van der Waals surface area contributed by atoms with Crippen LogP contribution in [-0.2, 0) is 0 Å². The van der Waals surface area contributed by atoms with Gasteiger partial charge in [0.2, 0.25) is 0 Å². The first kappa shape index (κ1) is 19.7. The van der Waals surface area contributed by atoms with Gasteiger partial charge in [0, 0.05) is 36.2 Å². The van der Waals surface area contributed by atoms with Gasteiger partial charge in [-0.2, -0.15) is 5.10 Å². The summed E-state index contributed by atoms with van der Waals surface area (Å²) in [6, 6.07) is 26.9. The van der Waals surface area contributed by atoms with E-state index < -0.39 is 0 Å². The SMILES string of the molecule is Oc1ccc(Br)c(C=NN2CCN(C(c3ccccc3)c3ccccc3)CC2)c1. The third kappa shape index (κ3) is 4.86. The van der Waals surface area contributed by atoms with Crippen LogP contribution in [0.1, 0.15) is 22.7 Å². The second-order valence-corrected chi connectivity index (χ2v) is 8.02. The number of phenols is 1. The maximum absolute atomic E-state index is 9.68. The Bertz CT molecular complexity index is 915. The summed E-state index contributed by atoms with van der Waals surface area (Å²) in [4.78, 5) is 2.53. The van der Waals surface area contributed by atoms with Gasteiger partial charge in [-0.25, -0.2) is 0 Å². The summed E-state index contributed by atoms with van der Waals surface area (Å²) < 4.78 is 0.922. The second kappa shape index (κ2) is 9.25. The molecule has 1 N–H and O–H groups in total. The molecule has 4 nitrogen and oxygen atoms in total. The summed E-state index contributed by atoms with van der Waals surface area (Å²) in [6.07, 6.45) is 1.81. The van der Waals surface area contributed by atoms with Crippen LogP contribution in [0.3, 0.4) is 0 Å². The van der Waals surface area contributed by atoms with E-state index >= 15 is 0 Å². The first-order valence-electron chi connectivity index (χ1n) is 9.82. The molecule has 3 aromatic rings. The van der Waals surface area contributed by atoms with E-state index in [-0.39, 0.29) is 11.8 Å². The molecule has 0 aromatic heterocycles. The normalized spacial score (nSPS) is 15.3. The highest BCUT2D eigenvalue weighted by molar-refractivity contribution is 9.10. The van der Waals surface area contributed by atoms with Gasteiger partial charge in [0.25, 0.3) is 0 Å². The molecule has 3 aromatic carbocycles. The monoisotopic (exact) mass is 449 g/mol. The predicted molar refractivity (Wildman–Crippen MR) is 121 cm³/mol. The summed E-state index contributed by atoms with van der Waals surface area (Å²) in [5.41, 5.74) is 3.51. The van der Waals surface area contributed by atoms with Crippen LogP contribution in [0.4, 0.5) is 0 Å². The summed E-state index contributed by atoms with van der Waals surface area (Å²) in [5.74, 6) is 0.244. The molecule has 1 aliphatic rings. The van der Waals surface area contributed by atoms with Crippen LogP contribution < -0.4 is 0 Å². The van der Waals surface area contributed by atoms with Crippen molar-refractivity contribution in [3.8, 4) is 5.75 Å². The number of piperazine rings is 1. The lowest BCUT2D eigenvalue weighted by atomic mass is 9.96. The molecular weight excluding hydrogens is 426 g/mol. The van der Waals surface area contributed by atoms with Crippen LogP contribution >= 0.6 is 15.9 Å². The topological polar surface area (TPSA) is 39.1 Å². The van der Waals surface area contributed by atoms with Crippen molar-refractivity contribution in [1.29, 1.82) is 0 Å². The van der Waals surface area contributed by atoms with E-state index in [0.717, 1.165) is 36.2 Å². The molecule has 1 saturated heterocycles. The summed E-state index contributed by atoms with van der Waals surface area (Å²) >= 11 is 3.51. The largest absolute Gasteiger partial charge is 0.508 e. The van der Waals surface area contributed by atoms with Gasteiger partial charge in [-0.1, -0.05) is 76.6 Å². The quantitative estimate of drug-likeness (QED) is 0.563. The molecule has 0 amide bonds. The van der Waals surface area contributed by atoms with E-state index in [1.807, 2.05) is 12.3 Å². The number of hydrogen-bond donors (Lipinski definition) is 1. The molecular formula is C24H24BrN3O. The van der Waals surface area contributed by atoms with Crippen LogP contribution in [0.25, 0.3) is 0 Å². The summed E-state index contributed by atoms with van der Waals surface area (Å²) in [6.45, 7) is 3.60. The van der Waals surface area contributed by atoms with Gasteiger partial charge < -0.3 is 5.11 Å². The third-order valence-corrected chi connectivity index (χ3v) is 5.95. The van der Waals surface area contributed by atoms with Crippen molar-refractivity contribution in [3.05, 3.63) is 100 Å². The molecule has 0 aliphatic carbocycles. The molecule has 0 saturated carbocycles. The lowest BCUT2D eigenvalue weighted by molar-refractivity contribution is 0.113. The molecule has 0 unspecified atom stereocenters. The van der Waals surface area contributed by atoms with Crippen molar-refractivity contribution in [3.63, 3.8) is 0 Å². The number of phenolic OH excluding ortho intramolecular Hbond substituents is 1. The van der Waals surface area contributed by atoms with Crippen molar-refractivity contribution >= 4 is 22.1 Å². The molecule has 5 heteroatoms. The lowest BCUT2D eigenvalue weighted by Gasteiger charge is -2.38. The van der Waals surface area contributed by atoms with Gasteiger partial charge in [-0.05, 0) is 29.3 Å². The van der Waals surface area contributed by atoms with Crippen molar-refractivity contribution in [2.24, 2.45) is 5.10 Å². The third-order valence-electron chi connectivity index (χ3n) is 5.23. The number of benzene rings is 3. The van der Waals surface area contributed by atoms with E-state index in [1.165, 1.54) is 11.1 Å². The van der Waals surface area contributed by atoms with E-state index in [4.69, 9.17) is 0 Å². The Morgan fingerprint density at radius 2 is 1.41 bits per heavy atom. The fourth-order valence-electron chi connectivity index (χ4n) is 3.74. The number of hydrogen-bond acceptors (Lipinski definition) is 4. The Hall–Kier alpha value is -2.63. The molecule has 0 radical (unpaired) electrons. The maximum atomic E-state index is 9.68. The smallest absolute Gasteiger partial charge is 0.116 e. The number of rotatable bonds is 5. The van der Waals surface area contributed by atoms with Crippen molar-refractivity contribution in [2.45, 2.75) is 6.04 Å². The number of aromatic hydroxyl groups is 1. The average molecular weight is 450 g/mol. The average Bonchev–Trinajstić information content (AvgIpc) is 2.77. The highest BCUT2D eigenvalue weighted by atomic mass is 79.9. The van der Waals surface area contributed by atoms with Gasteiger partial charge in [0.05, 0.1) is 12.3 Å². The molecule has 1 heterocycles. The highest BCUT2D eigenvalue weighted by Crippen LogP contribution is 2.29. The zero-order valence-electron chi connectivity index (χ0n) is 16.2. The lowest BCUT2D eigenvalue weighted by Crippen LogP contribution is -2.45. The fraction of sp³-hybridized carbons (Fsp3) is 0.208. The Balaban J connectivity index is 1.47. The van der Waals surface area contributed by atoms with Crippen LogP contribution in [0.15, 0.2) is 88.4 Å². The van der Waals surface area contributed by atoms with E-state index in [0.29, 0.717) is 0 Å². The minimum atomic E-state index is 0.244. The number of nitrogens with zero attached hydrogens (tertiary/aromatic N) is 3. The van der Waals surface area contributed by atoms with Gasteiger partial charge in [-0.15, -0.1) is 0 Å². The van der Waals surface area contributed by atoms with Crippen LogP contribution in [0.5, 0.6) is 5.75 Å². The minimum absolute atomic E-state index is 0.244. The number of hydrazone groups is 1. The van der Waals surface area contributed by atoms with E-state index in [2.05, 4.69) is 91.6 Å². The fourth-order valence-corrected chi connectivity index (χ4v) is 4.09. The number of halogens is 1. The van der Waals surface area contributed by atoms with Gasteiger partial charge in [-0.3, -0.25) is 9.91 Å². The van der Waals surface area contributed by atoms with Gasteiger partial charge in [0.1, 0.15) is 5.75 Å². The molecule has 1 aliphatic heterocycles. The van der Waals surface area contributed by atoms with Crippen LogP contribution in [0.2, 0.25) is 0 Å². The highest BCUT2D eigenvalue weighted by Gasteiger charge is 2.25. The molecule has 0 bridgehead atoms. The molecule has 29 heavy (non-hydrogen) atoms. The Kier molecular flexibility index (Phi) is 6.27. The van der Waals surface area contributed by atoms with Gasteiger partial charge >= 0.3 is 0 Å². The second-order valence-electron chi connectivity index (χ2n) is 7.16. The van der Waals surface area contributed by atoms with Crippen molar-refractivity contribution < 1.29 is 5.11 Å². The van der Waals surface area contributed by atoms with E-state index in [9.17, 15) is 5.11 Å². The predicted octanol–water partition coefficient (Wildman–Crippen LogP) is 4.90. The molecule has 148 valence electrons. The van der Waals surface area contributed by atoms with Crippen LogP contribution in [0, 0.1) is 0 Å². The van der Waals surface area contributed by atoms with Crippen LogP contribution in [-0.4, -0.2) is 47.4 Å². The maximum Gasteiger partial charge on any atom is 0.116 e.